The van der Waals surface area contributed by atoms with Crippen LogP contribution in [-0.2, 0) is 9.59 Å². The van der Waals surface area contributed by atoms with Crippen molar-refractivity contribution in [3.8, 4) is 0 Å². The molecular weight excluding hydrogens is 402 g/mol. The normalized spacial score (nSPS) is 18.7. The van der Waals surface area contributed by atoms with E-state index in [0.29, 0.717) is 17.9 Å². The summed E-state index contributed by atoms with van der Waals surface area (Å²) in [6, 6.07) is 15.3. The van der Waals surface area contributed by atoms with Crippen molar-refractivity contribution in [2.75, 3.05) is 16.8 Å². The third-order valence-corrected chi connectivity index (χ3v) is 6.11. The summed E-state index contributed by atoms with van der Waals surface area (Å²) < 4.78 is 0. The monoisotopic (exact) mass is 431 g/mol. The molecule has 2 aromatic rings. The summed E-state index contributed by atoms with van der Waals surface area (Å²) in [7, 11) is 0. The summed E-state index contributed by atoms with van der Waals surface area (Å²) >= 11 is 0. The molecule has 6 nitrogen and oxygen atoms in total. The molecule has 0 aromatic heterocycles. The Morgan fingerprint density at radius 1 is 1.03 bits per heavy atom. The van der Waals surface area contributed by atoms with Crippen molar-refractivity contribution in [2.24, 2.45) is 0 Å². The van der Waals surface area contributed by atoms with Crippen LogP contribution in [-0.4, -0.2) is 35.3 Å². The molecule has 1 aliphatic heterocycles. The molecule has 0 spiro atoms. The summed E-state index contributed by atoms with van der Waals surface area (Å²) in [5.41, 5.74) is 3.59. The highest BCUT2D eigenvalue weighted by Crippen LogP contribution is 2.29. The Labute approximate surface area is 188 Å². The number of hydrogen-bond acceptors (Lipinski definition) is 3. The van der Waals surface area contributed by atoms with Gasteiger partial charge in [0.05, 0.1) is 12.1 Å². The van der Waals surface area contributed by atoms with Crippen LogP contribution in [0, 0.1) is 6.92 Å². The van der Waals surface area contributed by atoms with Crippen molar-refractivity contribution in [1.29, 1.82) is 0 Å². The molecule has 1 N–H and O–H groups in total. The van der Waals surface area contributed by atoms with Crippen LogP contribution >= 0.6 is 0 Å². The number of nitrogens with one attached hydrogen (secondary N) is 1. The summed E-state index contributed by atoms with van der Waals surface area (Å²) in [6.45, 7) is 2.39. The average Bonchev–Trinajstić information content (AvgIpc) is 3.03. The second-order valence-electron chi connectivity index (χ2n) is 8.48. The molecule has 1 aliphatic carbocycles. The zero-order valence-corrected chi connectivity index (χ0v) is 18.4. The van der Waals surface area contributed by atoms with Crippen LogP contribution in [0.5, 0.6) is 0 Å². The van der Waals surface area contributed by atoms with Gasteiger partial charge in [-0.25, -0.2) is 9.69 Å². The number of hydrogen-bond donors (Lipinski definition) is 1. The van der Waals surface area contributed by atoms with Gasteiger partial charge in [0.15, 0.2) is 0 Å². The fourth-order valence-corrected chi connectivity index (χ4v) is 4.32. The number of amides is 4. The van der Waals surface area contributed by atoms with E-state index in [0.717, 1.165) is 31.2 Å². The van der Waals surface area contributed by atoms with E-state index in [1.54, 1.807) is 29.2 Å². The molecule has 0 bridgehead atoms. The zero-order chi connectivity index (χ0) is 22.5. The lowest BCUT2D eigenvalue weighted by Crippen LogP contribution is -2.38. The van der Waals surface area contributed by atoms with Gasteiger partial charge in [0.2, 0.25) is 5.91 Å². The van der Waals surface area contributed by atoms with E-state index in [4.69, 9.17) is 0 Å². The predicted octanol–water partition coefficient (Wildman–Crippen LogP) is 5.05. The first-order valence-electron chi connectivity index (χ1n) is 11.3. The Balaban J connectivity index is 1.53. The molecule has 1 heterocycles. The van der Waals surface area contributed by atoms with Crippen LogP contribution in [0.4, 0.5) is 16.2 Å². The molecule has 6 heteroatoms. The maximum Gasteiger partial charge on any atom is 0.332 e. The summed E-state index contributed by atoms with van der Waals surface area (Å²) in [5, 5.41) is 2.83. The Morgan fingerprint density at radius 3 is 2.47 bits per heavy atom. The first-order chi connectivity index (χ1) is 15.5. The summed E-state index contributed by atoms with van der Waals surface area (Å²) in [4.78, 5) is 42.1. The number of nitrogens with zero attached hydrogens (tertiary/aromatic N) is 2. The summed E-state index contributed by atoms with van der Waals surface area (Å²) in [6.07, 6.45) is 7.39. The minimum absolute atomic E-state index is 0.0686. The lowest BCUT2D eigenvalue weighted by molar-refractivity contribution is -0.124. The molecule has 1 fully saturated rings. The Kier molecular flexibility index (Phi) is 6.69. The van der Waals surface area contributed by atoms with Gasteiger partial charge in [-0.1, -0.05) is 47.5 Å². The van der Waals surface area contributed by atoms with Gasteiger partial charge >= 0.3 is 6.03 Å². The van der Waals surface area contributed by atoms with Gasteiger partial charge in [-0.05, 0) is 63.3 Å². The van der Waals surface area contributed by atoms with Crippen molar-refractivity contribution in [3.63, 3.8) is 0 Å². The van der Waals surface area contributed by atoms with Crippen molar-refractivity contribution < 1.29 is 14.4 Å². The smallest absolute Gasteiger partial charge is 0.326 e. The number of aryl methyl sites for hydroxylation is 1. The highest BCUT2D eigenvalue weighted by Gasteiger charge is 2.46. The largest absolute Gasteiger partial charge is 0.332 e. The number of anilines is 2. The molecule has 32 heavy (non-hydrogen) atoms. The summed E-state index contributed by atoms with van der Waals surface area (Å²) in [5.74, 6) is -0.630. The molecular formula is C26H29N3O3. The number of carbonyl (C=O) groups excluding carboxylic acids is 3. The van der Waals surface area contributed by atoms with Gasteiger partial charge in [-0.15, -0.1) is 0 Å². The van der Waals surface area contributed by atoms with Crippen molar-refractivity contribution in [2.45, 2.75) is 51.5 Å². The number of imide groups is 1. The van der Waals surface area contributed by atoms with E-state index >= 15 is 0 Å². The second-order valence-corrected chi connectivity index (χ2v) is 8.48. The highest BCUT2D eigenvalue weighted by atomic mass is 16.2. The van der Waals surface area contributed by atoms with Gasteiger partial charge in [-0.2, -0.15) is 0 Å². The van der Waals surface area contributed by atoms with Crippen LogP contribution in [0.1, 0.15) is 44.1 Å². The molecule has 2 aromatic carbocycles. The van der Waals surface area contributed by atoms with Crippen LogP contribution < -0.4 is 10.2 Å². The fourth-order valence-electron chi connectivity index (χ4n) is 4.32. The minimum atomic E-state index is -0.809. The van der Waals surface area contributed by atoms with E-state index < -0.39 is 6.04 Å². The van der Waals surface area contributed by atoms with Crippen molar-refractivity contribution in [3.05, 3.63) is 71.8 Å². The molecule has 0 unspecified atom stereocenters. The first-order valence-corrected chi connectivity index (χ1v) is 11.3. The molecule has 2 aliphatic rings. The number of urea groups is 1. The number of carbonyl (C=O) groups is 3. The fraction of sp³-hybridized carbons (Fsp3) is 0.346. The molecule has 4 rings (SSSR count). The quantitative estimate of drug-likeness (QED) is 0.493. The van der Waals surface area contributed by atoms with E-state index in [2.05, 4.69) is 11.4 Å². The molecule has 1 saturated heterocycles. The second kappa shape index (κ2) is 9.81. The molecule has 166 valence electrons. The average molecular weight is 432 g/mol. The third-order valence-electron chi connectivity index (χ3n) is 6.11. The van der Waals surface area contributed by atoms with Crippen LogP contribution in [0.15, 0.2) is 66.2 Å². The Morgan fingerprint density at radius 2 is 1.78 bits per heavy atom. The minimum Gasteiger partial charge on any atom is -0.326 e. The number of rotatable bonds is 7. The molecule has 0 radical (unpaired) electrons. The van der Waals surface area contributed by atoms with Crippen molar-refractivity contribution in [1.82, 2.24) is 4.90 Å². The third kappa shape index (κ3) is 4.90. The maximum absolute atomic E-state index is 13.3. The highest BCUT2D eigenvalue weighted by molar-refractivity contribution is 6.22. The number of para-hydroxylation sites is 1. The lowest BCUT2D eigenvalue weighted by atomic mass is 9.97. The van der Waals surface area contributed by atoms with E-state index in [1.165, 1.54) is 16.9 Å². The van der Waals surface area contributed by atoms with Crippen molar-refractivity contribution >= 4 is 29.2 Å². The lowest BCUT2D eigenvalue weighted by Gasteiger charge is -2.23. The van der Waals surface area contributed by atoms with Gasteiger partial charge in [0.25, 0.3) is 5.91 Å². The molecule has 4 amide bonds. The topological polar surface area (TPSA) is 69.7 Å². The van der Waals surface area contributed by atoms with Gasteiger partial charge in [0, 0.05) is 12.2 Å². The number of allylic oxidation sites excluding steroid dienone is 1. The van der Waals surface area contributed by atoms with Gasteiger partial charge in [0.1, 0.15) is 6.04 Å². The van der Waals surface area contributed by atoms with Crippen LogP contribution in [0.2, 0.25) is 0 Å². The predicted molar refractivity (Wildman–Crippen MR) is 125 cm³/mol. The Hall–Kier alpha value is -3.41. The zero-order valence-electron chi connectivity index (χ0n) is 18.4. The van der Waals surface area contributed by atoms with E-state index in [9.17, 15) is 14.4 Å². The van der Waals surface area contributed by atoms with E-state index in [1.807, 2.05) is 37.3 Å². The SMILES string of the molecule is Cc1ccc(N2C(=O)[C@H](CC(=O)Nc3ccccc3)N(CCC3=CCCCC3)C2=O)cc1. The maximum atomic E-state index is 13.3. The van der Waals surface area contributed by atoms with Gasteiger partial charge < -0.3 is 10.2 Å². The Bertz CT molecular complexity index is 1010. The molecule has 0 saturated carbocycles. The van der Waals surface area contributed by atoms with E-state index in [-0.39, 0.29) is 24.3 Å². The first kappa shape index (κ1) is 21.8. The van der Waals surface area contributed by atoms with Crippen LogP contribution in [0.3, 0.4) is 0 Å². The molecule has 1 atom stereocenters. The van der Waals surface area contributed by atoms with Gasteiger partial charge in [-0.3, -0.25) is 9.59 Å². The number of benzene rings is 2. The standard InChI is InChI=1S/C26H29N3O3/c1-19-12-14-22(15-13-19)29-25(31)23(18-24(30)27-21-10-6-3-7-11-21)28(26(29)32)17-16-20-8-4-2-5-9-20/h3,6-8,10-15,23H,2,4-5,9,16-18H2,1H3,(H,27,30)/t23-/m0/s1. The van der Waals surface area contributed by atoms with Crippen LogP contribution in [0.25, 0.3) is 0 Å².